The van der Waals surface area contributed by atoms with Gasteiger partial charge in [-0.25, -0.2) is 9.38 Å². The second-order valence-corrected chi connectivity index (χ2v) is 3.98. The predicted molar refractivity (Wildman–Crippen MR) is 59.2 cm³/mol. The van der Waals surface area contributed by atoms with Crippen LogP contribution < -0.4 is 5.32 Å². The summed E-state index contributed by atoms with van der Waals surface area (Å²) < 4.78 is 19.0. The molecule has 2 rings (SSSR count). The molecule has 0 spiro atoms. The summed E-state index contributed by atoms with van der Waals surface area (Å²) in [5, 5.41) is 3.00. The fourth-order valence-electron chi connectivity index (χ4n) is 1.29. The molecule has 0 bridgehead atoms. The van der Waals surface area contributed by atoms with Crippen molar-refractivity contribution in [3.63, 3.8) is 0 Å². The highest BCUT2D eigenvalue weighted by molar-refractivity contribution is 9.10. The average Bonchev–Trinajstić information content (AvgIpc) is 2.72. The molecule has 0 aliphatic carbocycles. The summed E-state index contributed by atoms with van der Waals surface area (Å²) in [7, 11) is 0. The van der Waals surface area contributed by atoms with E-state index in [2.05, 4.69) is 26.2 Å². The Kier molecular flexibility index (Phi) is 3.20. The van der Waals surface area contributed by atoms with Crippen LogP contribution in [0.1, 0.15) is 5.56 Å². The van der Waals surface area contributed by atoms with Gasteiger partial charge in [-0.3, -0.25) is 0 Å². The molecule has 0 radical (unpaired) electrons. The Hall–Kier alpha value is -1.10. The van der Waals surface area contributed by atoms with E-state index in [0.717, 1.165) is 10.0 Å². The largest absolute Gasteiger partial charge is 0.463 e. The van der Waals surface area contributed by atoms with Crippen molar-refractivity contribution in [2.24, 2.45) is 4.99 Å². The number of halogens is 2. The van der Waals surface area contributed by atoms with Gasteiger partial charge >= 0.3 is 0 Å². The highest BCUT2D eigenvalue weighted by Gasteiger charge is 2.07. The Balaban J connectivity index is 2.00. The topological polar surface area (TPSA) is 33.6 Å². The van der Waals surface area contributed by atoms with Gasteiger partial charge in [0.2, 0.25) is 0 Å². The highest BCUT2D eigenvalue weighted by atomic mass is 79.9. The van der Waals surface area contributed by atoms with E-state index in [0.29, 0.717) is 25.7 Å². The lowest BCUT2D eigenvalue weighted by Crippen LogP contribution is -2.23. The van der Waals surface area contributed by atoms with Crippen LogP contribution in [0.2, 0.25) is 0 Å². The zero-order valence-electron chi connectivity index (χ0n) is 7.96. The van der Waals surface area contributed by atoms with Crippen LogP contribution in [0, 0.1) is 5.82 Å². The molecule has 0 atom stereocenters. The smallest absolute Gasteiger partial charge is 0.285 e. The molecule has 15 heavy (non-hydrogen) atoms. The number of hydrogen-bond acceptors (Lipinski definition) is 3. The van der Waals surface area contributed by atoms with Gasteiger partial charge in [0, 0.05) is 11.0 Å². The number of hydrogen-bond donors (Lipinski definition) is 1. The predicted octanol–water partition coefficient (Wildman–Crippen LogP) is 2.06. The number of nitrogens with one attached hydrogen (secondary N) is 1. The van der Waals surface area contributed by atoms with E-state index in [1.807, 2.05) is 0 Å². The van der Waals surface area contributed by atoms with Crippen molar-refractivity contribution in [3.8, 4) is 0 Å². The Morgan fingerprint density at radius 1 is 1.53 bits per heavy atom. The summed E-state index contributed by atoms with van der Waals surface area (Å²) in [6.45, 7) is 1.80. The molecule has 0 fully saturated rings. The van der Waals surface area contributed by atoms with Crippen LogP contribution in [0.5, 0.6) is 0 Å². The minimum atomic E-state index is -0.246. The van der Waals surface area contributed by atoms with Crippen LogP contribution in [-0.4, -0.2) is 19.2 Å². The Labute approximate surface area is 95.5 Å². The van der Waals surface area contributed by atoms with Gasteiger partial charge in [-0.1, -0.05) is 15.9 Å². The van der Waals surface area contributed by atoms with Gasteiger partial charge in [0.15, 0.2) is 0 Å². The standard InChI is InChI=1S/C10H10BrFN2O/c11-9-2-1-8(12)5-7(9)6-14-10-13-3-4-15-10/h1-2,5H,3-4,6H2,(H,13,14). The summed E-state index contributed by atoms with van der Waals surface area (Å²) in [5.74, 6) is -0.246. The van der Waals surface area contributed by atoms with Crippen molar-refractivity contribution in [1.82, 2.24) is 5.32 Å². The van der Waals surface area contributed by atoms with Crippen LogP contribution in [0.3, 0.4) is 0 Å². The van der Waals surface area contributed by atoms with Crippen LogP contribution in [0.15, 0.2) is 27.7 Å². The zero-order chi connectivity index (χ0) is 10.7. The molecular formula is C10H10BrFN2O. The minimum Gasteiger partial charge on any atom is -0.463 e. The van der Waals surface area contributed by atoms with Crippen molar-refractivity contribution in [2.45, 2.75) is 6.54 Å². The van der Waals surface area contributed by atoms with Crippen molar-refractivity contribution < 1.29 is 9.13 Å². The summed E-state index contributed by atoms with van der Waals surface area (Å²) in [5.41, 5.74) is 0.841. The van der Waals surface area contributed by atoms with E-state index in [-0.39, 0.29) is 5.82 Å². The van der Waals surface area contributed by atoms with Gasteiger partial charge in [-0.15, -0.1) is 0 Å². The third-order valence-corrected chi connectivity index (χ3v) is 2.80. The molecule has 5 heteroatoms. The zero-order valence-corrected chi connectivity index (χ0v) is 9.55. The maximum Gasteiger partial charge on any atom is 0.285 e. The Morgan fingerprint density at radius 2 is 2.40 bits per heavy atom. The molecule has 0 unspecified atom stereocenters. The molecule has 3 nitrogen and oxygen atoms in total. The first kappa shape index (κ1) is 10.4. The third kappa shape index (κ3) is 2.68. The first-order valence-corrected chi connectivity index (χ1v) is 5.40. The van der Waals surface area contributed by atoms with Crippen molar-refractivity contribution >= 4 is 22.0 Å². The molecule has 0 aromatic heterocycles. The summed E-state index contributed by atoms with van der Waals surface area (Å²) in [4.78, 5) is 4.08. The lowest BCUT2D eigenvalue weighted by atomic mass is 10.2. The van der Waals surface area contributed by atoms with Crippen molar-refractivity contribution in [1.29, 1.82) is 0 Å². The maximum atomic E-state index is 12.9. The molecule has 0 saturated carbocycles. The van der Waals surface area contributed by atoms with Gasteiger partial charge < -0.3 is 10.1 Å². The van der Waals surface area contributed by atoms with Gasteiger partial charge in [-0.05, 0) is 23.8 Å². The fraction of sp³-hybridized carbons (Fsp3) is 0.300. The molecule has 1 aromatic carbocycles. The van der Waals surface area contributed by atoms with Gasteiger partial charge in [0.25, 0.3) is 6.02 Å². The number of ether oxygens (including phenoxy) is 1. The van der Waals surface area contributed by atoms with E-state index >= 15 is 0 Å². The van der Waals surface area contributed by atoms with E-state index in [1.165, 1.54) is 12.1 Å². The van der Waals surface area contributed by atoms with Crippen molar-refractivity contribution in [2.75, 3.05) is 13.2 Å². The molecule has 0 amide bonds. The number of nitrogens with zero attached hydrogens (tertiary/aromatic N) is 1. The Bertz CT molecular complexity index is 395. The lowest BCUT2D eigenvalue weighted by molar-refractivity contribution is 0.331. The number of amidine groups is 1. The number of benzene rings is 1. The summed E-state index contributed by atoms with van der Waals surface area (Å²) >= 11 is 3.35. The molecule has 1 heterocycles. The second kappa shape index (κ2) is 4.61. The molecule has 0 saturated heterocycles. The normalized spacial score (nSPS) is 14.7. The van der Waals surface area contributed by atoms with Crippen molar-refractivity contribution in [3.05, 3.63) is 34.1 Å². The molecule has 1 aliphatic rings. The van der Waals surface area contributed by atoms with Crippen LogP contribution >= 0.6 is 15.9 Å². The number of rotatable bonds is 2. The minimum absolute atomic E-state index is 0.246. The number of aliphatic imine (C=N–C) groups is 1. The summed E-state index contributed by atoms with van der Waals surface area (Å²) in [6, 6.07) is 5.11. The first-order valence-electron chi connectivity index (χ1n) is 4.61. The molecule has 80 valence electrons. The quantitative estimate of drug-likeness (QED) is 0.894. The maximum absolute atomic E-state index is 12.9. The van der Waals surface area contributed by atoms with E-state index in [9.17, 15) is 4.39 Å². The molecule has 1 aromatic rings. The second-order valence-electron chi connectivity index (χ2n) is 3.12. The highest BCUT2D eigenvalue weighted by Crippen LogP contribution is 2.17. The first-order chi connectivity index (χ1) is 7.25. The van der Waals surface area contributed by atoms with Crippen LogP contribution in [0.4, 0.5) is 4.39 Å². The van der Waals surface area contributed by atoms with Crippen LogP contribution in [-0.2, 0) is 11.3 Å². The monoisotopic (exact) mass is 272 g/mol. The van der Waals surface area contributed by atoms with Crippen LogP contribution in [0.25, 0.3) is 0 Å². The fourth-order valence-corrected chi connectivity index (χ4v) is 1.68. The van der Waals surface area contributed by atoms with E-state index in [4.69, 9.17) is 4.74 Å². The molecular weight excluding hydrogens is 263 g/mol. The summed E-state index contributed by atoms with van der Waals surface area (Å²) in [6.07, 6.45) is 0. The molecule has 1 N–H and O–H groups in total. The van der Waals surface area contributed by atoms with E-state index in [1.54, 1.807) is 6.07 Å². The average molecular weight is 273 g/mol. The molecule has 1 aliphatic heterocycles. The van der Waals surface area contributed by atoms with Gasteiger partial charge in [0.05, 0.1) is 6.54 Å². The van der Waals surface area contributed by atoms with Gasteiger partial charge in [0.1, 0.15) is 12.4 Å². The van der Waals surface area contributed by atoms with E-state index < -0.39 is 0 Å². The van der Waals surface area contributed by atoms with Gasteiger partial charge in [-0.2, -0.15) is 0 Å². The Morgan fingerprint density at radius 3 is 3.13 bits per heavy atom. The third-order valence-electron chi connectivity index (χ3n) is 2.02. The lowest BCUT2D eigenvalue weighted by Gasteiger charge is -2.07. The SMILES string of the molecule is Fc1ccc(Br)c(CNC2=NCCO2)c1.